The molecule has 2 heterocycles. The molecule has 0 bridgehead atoms. The van der Waals surface area contributed by atoms with Crippen molar-refractivity contribution in [1.82, 2.24) is 14.5 Å². The second-order valence-electron chi connectivity index (χ2n) is 9.07. The molecule has 0 spiro atoms. The highest BCUT2D eigenvalue weighted by atomic mass is 32.2. The molecule has 4 rings (SSSR count). The molecule has 0 saturated carbocycles. The Hall–Kier alpha value is -2.91. The molecule has 2 aromatic carbocycles. The van der Waals surface area contributed by atoms with E-state index in [1.807, 2.05) is 17.0 Å². The van der Waals surface area contributed by atoms with Crippen molar-refractivity contribution in [3.05, 3.63) is 59.2 Å². The molecular weight excluding hydrogens is 466 g/mol. The molecule has 1 N–H and O–H groups in total. The average molecular weight is 500 g/mol. The van der Waals surface area contributed by atoms with E-state index in [-0.39, 0.29) is 28.7 Å². The third-order valence-electron chi connectivity index (χ3n) is 6.63. The van der Waals surface area contributed by atoms with E-state index in [2.05, 4.69) is 5.32 Å². The lowest BCUT2D eigenvalue weighted by Gasteiger charge is -2.21. The Kier molecular flexibility index (Phi) is 8.07. The van der Waals surface area contributed by atoms with Crippen LogP contribution in [0.1, 0.15) is 64.8 Å². The second-order valence-corrected chi connectivity index (χ2v) is 11.0. The number of likely N-dealkylation sites (tertiary alicyclic amines) is 1. The molecule has 188 valence electrons. The van der Waals surface area contributed by atoms with Gasteiger partial charge in [0.05, 0.1) is 7.11 Å². The molecule has 9 heteroatoms. The summed E-state index contributed by atoms with van der Waals surface area (Å²) in [5.74, 6) is -0.163. The highest BCUT2D eigenvalue weighted by molar-refractivity contribution is 7.89. The van der Waals surface area contributed by atoms with E-state index < -0.39 is 15.9 Å². The summed E-state index contributed by atoms with van der Waals surface area (Å²) < 4.78 is 33.5. The van der Waals surface area contributed by atoms with Crippen LogP contribution in [0, 0.1) is 0 Å². The van der Waals surface area contributed by atoms with Gasteiger partial charge in [0.1, 0.15) is 10.6 Å². The summed E-state index contributed by atoms with van der Waals surface area (Å²) in [4.78, 5) is 27.4. The van der Waals surface area contributed by atoms with Crippen LogP contribution in [0.4, 0.5) is 0 Å². The van der Waals surface area contributed by atoms with Crippen molar-refractivity contribution >= 4 is 21.8 Å². The number of methoxy groups -OCH3 is 1. The normalized spacial score (nSPS) is 17.1. The number of nitrogens with zero attached hydrogens (tertiary/aromatic N) is 2. The smallest absolute Gasteiger partial charge is 0.253 e. The van der Waals surface area contributed by atoms with Crippen molar-refractivity contribution in [3.63, 3.8) is 0 Å². The number of hydrogen-bond acceptors (Lipinski definition) is 5. The molecule has 0 radical (unpaired) electrons. The van der Waals surface area contributed by atoms with Gasteiger partial charge in [-0.1, -0.05) is 25.0 Å². The Bertz CT molecular complexity index is 1170. The standard InChI is InChI=1S/C26H33N3O5S/c1-34-23-12-11-21(18-24(23)35(32,33)29-15-4-2-3-5-16-29)25(30)27-19-20-9-8-10-22(17-20)26(31)28-13-6-7-14-28/h8-12,17-18H,2-7,13-16,19H2,1H3,(H,27,30). The van der Waals surface area contributed by atoms with Gasteiger partial charge in [0, 0.05) is 43.9 Å². The molecule has 0 aliphatic carbocycles. The quantitative estimate of drug-likeness (QED) is 0.630. The zero-order valence-electron chi connectivity index (χ0n) is 20.2. The minimum absolute atomic E-state index is 0.00718. The Morgan fingerprint density at radius 2 is 1.57 bits per heavy atom. The molecule has 0 unspecified atom stereocenters. The van der Waals surface area contributed by atoms with Gasteiger partial charge in [0.25, 0.3) is 11.8 Å². The number of hydrogen-bond donors (Lipinski definition) is 1. The van der Waals surface area contributed by atoms with Gasteiger partial charge >= 0.3 is 0 Å². The van der Waals surface area contributed by atoms with E-state index in [9.17, 15) is 18.0 Å². The number of benzene rings is 2. The summed E-state index contributed by atoms with van der Waals surface area (Å²) in [6, 6.07) is 11.7. The van der Waals surface area contributed by atoms with Crippen LogP contribution in [0.25, 0.3) is 0 Å². The van der Waals surface area contributed by atoms with E-state index >= 15 is 0 Å². The molecule has 0 atom stereocenters. The van der Waals surface area contributed by atoms with E-state index in [1.165, 1.54) is 23.5 Å². The molecule has 8 nitrogen and oxygen atoms in total. The summed E-state index contributed by atoms with van der Waals surface area (Å²) >= 11 is 0. The van der Waals surface area contributed by atoms with Crippen LogP contribution in [0.3, 0.4) is 0 Å². The maximum Gasteiger partial charge on any atom is 0.253 e. The first-order chi connectivity index (χ1) is 16.9. The largest absolute Gasteiger partial charge is 0.495 e. The topological polar surface area (TPSA) is 96.0 Å². The molecule has 2 aliphatic heterocycles. The van der Waals surface area contributed by atoms with E-state index in [1.54, 1.807) is 18.2 Å². The SMILES string of the molecule is COc1ccc(C(=O)NCc2cccc(C(=O)N3CCCC3)c2)cc1S(=O)(=O)N1CCCCCC1. The van der Waals surface area contributed by atoms with Crippen molar-refractivity contribution in [1.29, 1.82) is 0 Å². The fourth-order valence-corrected chi connectivity index (χ4v) is 6.34. The Balaban J connectivity index is 1.48. The maximum absolute atomic E-state index is 13.4. The zero-order chi connectivity index (χ0) is 24.8. The van der Waals surface area contributed by atoms with Crippen molar-refractivity contribution < 1.29 is 22.7 Å². The zero-order valence-corrected chi connectivity index (χ0v) is 21.0. The predicted molar refractivity (Wildman–Crippen MR) is 133 cm³/mol. The molecule has 0 aromatic heterocycles. The van der Waals surface area contributed by atoms with Crippen molar-refractivity contribution in [2.45, 2.75) is 50.0 Å². The van der Waals surface area contributed by atoms with Gasteiger partial charge in [0.15, 0.2) is 0 Å². The Morgan fingerprint density at radius 1 is 0.886 bits per heavy atom. The van der Waals surface area contributed by atoms with Crippen LogP contribution >= 0.6 is 0 Å². The minimum atomic E-state index is -3.79. The number of sulfonamides is 1. The lowest BCUT2D eigenvalue weighted by Crippen LogP contribution is -2.32. The van der Waals surface area contributed by atoms with Crippen LogP contribution in [0.2, 0.25) is 0 Å². The first kappa shape index (κ1) is 25.2. The lowest BCUT2D eigenvalue weighted by molar-refractivity contribution is 0.0792. The summed E-state index contributed by atoms with van der Waals surface area (Å²) in [7, 11) is -2.36. The Morgan fingerprint density at radius 3 is 2.26 bits per heavy atom. The monoisotopic (exact) mass is 499 g/mol. The lowest BCUT2D eigenvalue weighted by atomic mass is 10.1. The van der Waals surface area contributed by atoms with Crippen LogP contribution in [0.5, 0.6) is 5.75 Å². The van der Waals surface area contributed by atoms with Gasteiger partial charge < -0.3 is 15.0 Å². The van der Waals surface area contributed by atoms with E-state index in [4.69, 9.17) is 4.74 Å². The highest BCUT2D eigenvalue weighted by Crippen LogP contribution is 2.29. The Labute approximate surface area is 207 Å². The number of carbonyl (C=O) groups excluding carboxylic acids is 2. The van der Waals surface area contributed by atoms with E-state index in [0.717, 1.165) is 57.2 Å². The van der Waals surface area contributed by atoms with Gasteiger partial charge in [-0.3, -0.25) is 9.59 Å². The summed E-state index contributed by atoms with van der Waals surface area (Å²) in [6.45, 7) is 2.71. The predicted octanol–water partition coefficient (Wildman–Crippen LogP) is 3.43. The molecule has 35 heavy (non-hydrogen) atoms. The fourth-order valence-electron chi connectivity index (χ4n) is 4.64. The third-order valence-corrected chi connectivity index (χ3v) is 8.55. The van der Waals surface area contributed by atoms with Crippen molar-refractivity contribution in [2.24, 2.45) is 0 Å². The number of ether oxygens (including phenoxy) is 1. The first-order valence-electron chi connectivity index (χ1n) is 12.2. The minimum Gasteiger partial charge on any atom is -0.495 e. The van der Waals surface area contributed by atoms with Gasteiger partial charge in [-0.15, -0.1) is 0 Å². The molecular formula is C26H33N3O5S. The molecule has 2 aliphatic rings. The summed E-state index contributed by atoms with van der Waals surface area (Å²) in [5.41, 5.74) is 1.65. The van der Waals surface area contributed by atoms with Gasteiger partial charge in [-0.05, 0) is 61.6 Å². The number of carbonyl (C=O) groups is 2. The number of rotatable bonds is 7. The van der Waals surface area contributed by atoms with Crippen LogP contribution in [-0.4, -0.2) is 62.7 Å². The summed E-state index contributed by atoms with van der Waals surface area (Å²) in [5, 5.41) is 2.84. The molecule has 2 fully saturated rings. The molecule has 2 aromatic rings. The fraction of sp³-hybridized carbons (Fsp3) is 0.462. The van der Waals surface area contributed by atoms with Crippen LogP contribution in [0.15, 0.2) is 47.4 Å². The first-order valence-corrected chi connectivity index (χ1v) is 13.7. The van der Waals surface area contributed by atoms with Gasteiger partial charge in [-0.2, -0.15) is 4.31 Å². The molecule has 2 saturated heterocycles. The van der Waals surface area contributed by atoms with Crippen molar-refractivity contribution in [3.8, 4) is 5.75 Å². The maximum atomic E-state index is 13.4. The van der Waals surface area contributed by atoms with Gasteiger partial charge in [-0.25, -0.2) is 8.42 Å². The number of nitrogens with one attached hydrogen (secondary N) is 1. The highest BCUT2D eigenvalue weighted by Gasteiger charge is 2.29. The second kappa shape index (κ2) is 11.2. The average Bonchev–Trinajstić information content (AvgIpc) is 3.28. The van der Waals surface area contributed by atoms with Crippen molar-refractivity contribution in [2.75, 3.05) is 33.3 Å². The van der Waals surface area contributed by atoms with Gasteiger partial charge in [0.2, 0.25) is 10.0 Å². The number of amides is 2. The molecule has 2 amide bonds. The van der Waals surface area contributed by atoms with E-state index in [0.29, 0.717) is 18.7 Å². The third kappa shape index (κ3) is 5.85. The van der Waals surface area contributed by atoms with Crippen LogP contribution in [-0.2, 0) is 16.6 Å². The summed E-state index contributed by atoms with van der Waals surface area (Å²) in [6.07, 6.45) is 5.71. The van der Waals surface area contributed by atoms with Crippen LogP contribution < -0.4 is 10.1 Å².